The first kappa shape index (κ1) is 19.0. The Morgan fingerprint density at radius 3 is 2.85 bits per heavy atom. The fourth-order valence-corrected chi connectivity index (χ4v) is 3.76. The second-order valence-electron chi connectivity index (χ2n) is 6.05. The average Bonchev–Trinajstić information content (AvgIpc) is 3.15. The molecule has 2 atom stereocenters. The zero-order chi connectivity index (χ0) is 19.4. The molecule has 1 fully saturated rings. The van der Waals surface area contributed by atoms with Crippen molar-refractivity contribution in [3.8, 4) is 5.75 Å². The van der Waals surface area contributed by atoms with Crippen LogP contribution in [0.5, 0.6) is 5.75 Å². The Morgan fingerprint density at radius 1 is 1.33 bits per heavy atom. The molecule has 1 saturated heterocycles. The van der Waals surface area contributed by atoms with Crippen LogP contribution in [0.3, 0.4) is 0 Å². The van der Waals surface area contributed by atoms with E-state index in [4.69, 9.17) is 4.74 Å². The van der Waals surface area contributed by atoms with E-state index in [-0.39, 0.29) is 18.4 Å². The number of fused-ring (bicyclic) bond motifs is 1. The van der Waals surface area contributed by atoms with E-state index in [1.807, 2.05) is 42.5 Å². The quantitative estimate of drug-likeness (QED) is 0.558. The number of para-hydroxylation sites is 1. The molecule has 0 aliphatic carbocycles. The van der Waals surface area contributed by atoms with Crippen LogP contribution in [0.25, 0.3) is 6.08 Å². The molecule has 8 heteroatoms. The summed E-state index contributed by atoms with van der Waals surface area (Å²) < 4.78 is 5.34. The van der Waals surface area contributed by atoms with Crippen LogP contribution < -0.4 is 4.74 Å². The minimum atomic E-state index is -0.259. The molecular formula is C19H23N5O2S. The van der Waals surface area contributed by atoms with Crippen molar-refractivity contribution >= 4 is 35.3 Å². The fraction of sp³-hybridized carbons (Fsp3) is 0.316. The van der Waals surface area contributed by atoms with Gasteiger partial charge in [0.1, 0.15) is 5.75 Å². The molecule has 2 aliphatic heterocycles. The zero-order valence-corrected chi connectivity index (χ0v) is 16.5. The molecule has 2 unspecified atom stereocenters. The van der Waals surface area contributed by atoms with Crippen molar-refractivity contribution in [2.24, 2.45) is 10.1 Å². The third kappa shape index (κ3) is 3.71. The number of aliphatic imine (C=N–C) groups is 1. The Labute approximate surface area is 163 Å². The van der Waals surface area contributed by atoms with Gasteiger partial charge in [-0.2, -0.15) is 5.10 Å². The Bertz CT molecular complexity index is 807. The zero-order valence-electron chi connectivity index (χ0n) is 15.6. The number of rotatable bonds is 6. The van der Waals surface area contributed by atoms with Crippen LogP contribution in [-0.2, 0) is 0 Å². The molecule has 3 rings (SSSR count). The Morgan fingerprint density at radius 2 is 2.11 bits per heavy atom. The molecule has 0 saturated carbocycles. The lowest BCUT2D eigenvalue weighted by molar-refractivity contribution is 0.172. The average molecular weight is 385 g/mol. The van der Waals surface area contributed by atoms with E-state index in [0.29, 0.717) is 0 Å². The fourth-order valence-electron chi connectivity index (χ4n) is 3.02. The maximum atomic E-state index is 12.2. The minimum Gasteiger partial charge on any atom is -0.496 e. The lowest BCUT2D eigenvalue weighted by Crippen LogP contribution is -2.43. The molecule has 0 spiro atoms. The highest BCUT2D eigenvalue weighted by Gasteiger charge is 2.50. The monoisotopic (exact) mass is 385 g/mol. The van der Waals surface area contributed by atoms with Crippen LogP contribution in [0.2, 0.25) is 0 Å². The standard InChI is InChI=1S/C19H23N5O2S/c1-5-13-27-18-21-16-17(23(3)19(25)22(16)2)24(18)20-12-8-10-14-9-6-7-11-15(14)26-4/h5-12,16-17H,1,13H2,2-4H3/b10-8+,20-12+. The Kier molecular flexibility index (Phi) is 5.85. The van der Waals surface area contributed by atoms with Crippen molar-refractivity contribution in [3.05, 3.63) is 48.6 Å². The molecule has 1 aromatic rings. The summed E-state index contributed by atoms with van der Waals surface area (Å²) in [6.07, 6.45) is 6.80. The SMILES string of the molecule is C=CCSC1=NC2C(N(C)C(=O)N2C)N1/N=C/C=C/c1ccccc1OC. The third-order valence-corrected chi connectivity index (χ3v) is 5.33. The summed E-state index contributed by atoms with van der Waals surface area (Å²) >= 11 is 1.55. The number of urea groups is 1. The summed E-state index contributed by atoms with van der Waals surface area (Å²) in [6, 6.07) is 7.70. The smallest absolute Gasteiger partial charge is 0.323 e. The maximum Gasteiger partial charge on any atom is 0.323 e. The van der Waals surface area contributed by atoms with Crippen LogP contribution in [0.1, 0.15) is 5.56 Å². The summed E-state index contributed by atoms with van der Waals surface area (Å²) in [6.45, 7) is 3.76. The number of hydrazone groups is 1. The van der Waals surface area contributed by atoms with Crippen LogP contribution >= 0.6 is 11.8 Å². The molecule has 0 N–H and O–H groups in total. The Balaban J connectivity index is 1.79. The number of benzene rings is 1. The summed E-state index contributed by atoms with van der Waals surface area (Å²) in [5, 5.41) is 7.14. The second-order valence-corrected chi connectivity index (χ2v) is 7.04. The highest BCUT2D eigenvalue weighted by molar-refractivity contribution is 8.13. The normalized spacial score (nSPS) is 22.1. The number of amides is 2. The molecule has 142 valence electrons. The second kappa shape index (κ2) is 8.30. The number of methoxy groups -OCH3 is 1. The third-order valence-electron chi connectivity index (χ3n) is 4.38. The van der Waals surface area contributed by atoms with E-state index in [9.17, 15) is 4.79 Å². The highest BCUT2D eigenvalue weighted by atomic mass is 32.2. The molecular weight excluding hydrogens is 362 g/mol. The van der Waals surface area contributed by atoms with Gasteiger partial charge in [-0.1, -0.05) is 36.0 Å². The van der Waals surface area contributed by atoms with Gasteiger partial charge < -0.3 is 14.5 Å². The lowest BCUT2D eigenvalue weighted by atomic mass is 10.2. The van der Waals surface area contributed by atoms with Gasteiger partial charge in [0.15, 0.2) is 17.5 Å². The van der Waals surface area contributed by atoms with Gasteiger partial charge in [0, 0.05) is 31.6 Å². The van der Waals surface area contributed by atoms with E-state index in [1.165, 1.54) is 0 Å². The molecule has 0 aromatic heterocycles. The molecule has 0 bridgehead atoms. The van der Waals surface area contributed by atoms with Gasteiger partial charge in [0.2, 0.25) is 0 Å². The largest absolute Gasteiger partial charge is 0.496 e. The van der Waals surface area contributed by atoms with Gasteiger partial charge in [-0.25, -0.2) is 14.8 Å². The van der Waals surface area contributed by atoms with Crippen LogP contribution in [0.4, 0.5) is 4.79 Å². The first-order valence-corrected chi connectivity index (χ1v) is 9.51. The lowest BCUT2D eigenvalue weighted by Gasteiger charge is -2.25. The van der Waals surface area contributed by atoms with Gasteiger partial charge in [0.05, 0.1) is 7.11 Å². The topological polar surface area (TPSA) is 60.7 Å². The van der Waals surface area contributed by atoms with E-state index in [1.54, 1.807) is 54.0 Å². The van der Waals surface area contributed by atoms with E-state index in [2.05, 4.69) is 16.7 Å². The predicted octanol–water partition coefficient (Wildman–Crippen LogP) is 2.93. The Hall–Kier alpha value is -2.74. The van der Waals surface area contributed by atoms with Crippen molar-refractivity contribution in [1.82, 2.24) is 14.8 Å². The number of amidine groups is 1. The molecule has 2 amide bonds. The first-order chi connectivity index (χ1) is 13.1. The number of carbonyl (C=O) groups is 1. The number of hydrogen-bond acceptors (Lipinski definition) is 6. The van der Waals surface area contributed by atoms with Crippen LogP contribution in [0, 0.1) is 0 Å². The molecule has 27 heavy (non-hydrogen) atoms. The van der Waals surface area contributed by atoms with Gasteiger partial charge in [-0.05, 0) is 18.2 Å². The number of carbonyl (C=O) groups excluding carboxylic acids is 1. The number of hydrogen-bond donors (Lipinski definition) is 0. The molecule has 0 radical (unpaired) electrons. The van der Waals surface area contributed by atoms with Crippen molar-refractivity contribution in [2.45, 2.75) is 12.3 Å². The summed E-state index contributed by atoms with van der Waals surface area (Å²) in [5.41, 5.74) is 0.966. The van der Waals surface area contributed by atoms with Crippen molar-refractivity contribution in [2.75, 3.05) is 27.0 Å². The molecule has 7 nitrogen and oxygen atoms in total. The summed E-state index contributed by atoms with van der Waals surface area (Å²) in [4.78, 5) is 20.2. The van der Waals surface area contributed by atoms with E-state index >= 15 is 0 Å². The first-order valence-electron chi connectivity index (χ1n) is 8.52. The molecule has 2 heterocycles. The summed E-state index contributed by atoms with van der Waals surface area (Å²) in [5.74, 6) is 1.53. The van der Waals surface area contributed by atoms with E-state index < -0.39 is 0 Å². The van der Waals surface area contributed by atoms with Gasteiger partial charge in [-0.3, -0.25) is 0 Å². The van der Waals surface area contributed by atoms with Crippen LogP contribution in [0.15, 0.2) is 53.1 Å². The van der Waals surface area contributed by atoms with Gasteiger partial charge in [-0.15, -0.1) is 6.58 Å². The summed E-state index contributed by atoms with van der Waals surface area (Å²) in [7, 11) is 5.18. The number of likely N-dealkylation sites (N-methyl/N-ethyl adjacent to an activating group) is 2. The predicted molar refractivity (Wildman–Crippen MR) is 111 cm³/mol. The van der Waals surface area contributed by atoms with Crippen molar-refractivity contribution < 1.29 is 9.53 Å². The van der Waals surface area contributed by atoms with Crippen LogP contribution in [-0.4, -0.2) is 71.5 Å². The van der Waals surface area contributed by atoms with E-state index in [0.717, 1.165) is 22.2 Å². The number of allylic oxidation sites excluding steroid dienone is 1. The molecule has 2 aliphatic rings. The number of thioether (sulfide) groups is 1. The van der Waals surface area contributed by atoms with Crippen molar-refractivity contribution in [3.63, 3.8) is 0 Å². The minimum absolute atomic E-state index is 0.0636. The van der Waals surface area contributed by atoms with Gasteiger partial charge >= 0.3 is 6.03 Å². The van der Waals surface area contributed by atoms with Crippen molar-refractivity contribution in [1.29, 1.82) is 0 Å². The van der Waals surface area contributed by atoms with Gasteiger partial charge in [0.25, 0.3) is 0 Å². The highest BCUT2D eigenvalue weighted by Crippen LogP contribution is 2.33. The number of nitrogens with zero attached hydrogens (tertiary/aromatic N) is 5. The molecule has 1 aromatic carbocycles. The number of ether oxygens (including phenoxy) is 1. The maximum absolute atomic E-state index is 12.2.